The molecule has 0 saturated carbocycles. The molecule has 5 heteroatoms. The van der Waals surface area contributed by atoms with E-state index in [-0.39, 0.29) is 0 Å². The zero-order valence-electron chi connectivity index (χ0n) is 29.0. The molecule has 0 amide bonds. The van der Waals surface area contributed by atoms with Gasteiger partial charge in [0.25, 0.3) is 0 Å². The van der Waals surface area contributed by atoms with Crippen LogP contribution in [-0.2, 0) is 0 Å². The Labute approximate surface area is 315 Å². The molecular weight excluding hydrogens is 677 g/mol. The first-order valence-electron chi connectivity index (χ1n) is 18.1. The molecule has 0 radical (unpaired) electrons. The number of rotatable bonds is 5. The Bertz CT molecular complexity index is 3160. The molecule has 0 unspecified atom stereocenters. The van der Waals surface area contributed by atoms with Crippen molar-refractivity contribution in [3.05, 3.63) is 182 Å². The van der Waals surface area contributed by atoms with Gasteiger partial charge >= 0.3 is 0 Å². The van der Waals surface area contributed by atoms with Crippen LogP contribution in [0.3, 0.4) is 0 Å². The molecule has 7 aromatic carbocycles. The number of nitrogens with zero attached hydrogens (tertiary/aromatic N) is 4. The third-order valence-electron chi connectivity index (χ3n) is 10.4. The van der Waals surface area contributed by atoms with Gasteiger partial charge in [-0.05, 0) is 48.5 Å². The molecule has 4 heterocycles. The van der Waals surface area contributed by atoms with E-state index < -0.39 is 0 Å². The number of hydrogen-bond donors (Lipinski definition) is 0. The van der Waals surface area contributed by atoms with Gasteiger partial charge < -0.3 is 4.57 Å². The van der Waals surface area contributed by atoms with Crippen LogP contribution in [0.5, 0.6) is 0 Å². The molecule has 0 aliphatic heterocycles. The van der Waals surface area contributed by atoms with E-state index in [0.717, 1.165) is 55.9 Å². The molecule has 252 valence electrons. The van der Waals surface area contributed by atoms with Crippen molar-refractivity contribution in [3.8, 4) is 50.8 Å². The number of fused-ring (bicyclic) bond motifs is 8. The number of thiophene rings is 1. The molecule has 4 nitrogen and oxygen atoms in total. The summed E-state index contributed by atoms with van der Waals surface area (Å²) < 4.78 is 4.77. The first kappa shape index (κ1) is 30.7. The lowest BCUT2D eigenvalue weighted by Gasteiger charge is -2.12. The van der Waals surface area contributed by atoms with Crippen molar-refractivity contribution in [2.45, 2.75) is 0 Å². The van der Waals surface area contributed by atoms with E-state index in [0.29, 0.717) is 5.82 Å². The molecule has 0 spiro atoms. The van der Waals surface area contributed by atoms with E-state index in [1.165, 1.54) is 42.0 Å². The van der Waals surface area contributed by atoms with E-state index in [4.69, 9.17) is 15.0 Å². The number of benzene rings is 7. The van der Waals surface area contributed by atoms with E-state index in [1.54, 1.807) is 11.3 Å². The summed E-state index contributed by atoms with van der Waals surface area (Å²) in [6.07, 6.45) is 0. The summed E-state index contributed by atoms with van der Waals surface area (Å²) >= 11 is 1.81. The molecule has 0 fully saturated rings. The summed E-state index contributed by atoms with van der Waals surface area (Å²) in [6.45, 7) is 0. The zero-order valence-corrected chi connectivity index (χ0v) is 29.8. The lowest BCUT2D eigenvalue weighted by Crippen LogP contribution is -1.97. The summed E-state index contributed by atoms with van der Waals surface area (Å²) in [5.74, 6) is 0.696. The standard InChI is InChI=1S/C49H30N4S/c1-3-14-31(15-4-1)47-48-46(38-22-7-10-23-40(38)50-47)39-29-34(26-27-45(39)54-48)42-30-41(51-49(52-42)32-16-5-2-6-17-32)33-18-13-19-35(28-33)53-43-24-11-8-20-36(43)37-21-9-12-25-44(37)53/h1-30H. The Morgan fingerprint density at radius 1 is 0.407 bits per heavy atom. The molecule has 54 heavy (non-hydrogen) atoms. The van der Waals surface area contributed by atoms with Crippen molar-refractivity contribution in [1.82, 2.24) is 19.5 Å². The summed E-state index contributed by atoms with van der Waals surface area (Å²) in [6, 6.07) is 64.1. The molecule has 0 aliphatic carbocycles. The monoisotopic (exact) mass is 706 g/mol. The van der Waals surface area contributed by atoms with Crippen LogP contribution in [0.15, 0.2) is 182 Å². The molecule has 11 aromatic rings. The van der Waals surface area contributed by atoms with Crippen molar-refractivity contribution in [3.63, 3.8) is 0 Å². The van der Waals surface area contributed by atoms with Gasteiger partial charge in [0.15, 0.2) is 5.82 Å². The van der Waals surface area contributed by atoms with E-state index in [1.807, 2.05) is 18.2 Å². The first-order valence-corrected chi connectivity index (χ1v) is 18.9. The molecule has 0 N–H and O–H groups in total. The minimum Gasteiger partial charge on any atom is -0.309 e. The fourth-order valence-electron chi connectivity index (χ4n) is 7.90. The van der Waals surface area contributed by atoms with Gasteiger partial charge in [-0.2, -0.15) is 0 Å². The van der Waals surface area contributed by atoms with Crippen molar-refractivity contribution >= 4 is 64.2 Å². The van der Waals surface area contributed by atoms with Crippen LogP contribution in [0, 0.1) is 0 Å². The van der Waals surface area contributed by atoms with Crippen molar-refractivity contribution in [2.75, 3.05) is 0 Å². The van der Waals surface area contributed by atoms with Gasteiger partial charge in [-0.3, -0.25) is 0 Å². The van der Waals surface area contributed by atoms with Gasteiger partial charge in [-0.25, -0.2) is 15.0 Å². The van der Waals surface area contributed by atoms with Crippen molar-refractivity contribution in [1.29, 1.82) is 0 Å². The quantitative estimate of drug-likeness (QED) is 0.179. The predicted molar refractivity (Wildman–Crippen MR) is 226 cm³/mol. The second-order valence-electron chi connectivity index (χ2n) is 13.6. The van der Waals surface area contributed by atoms with Crippen LogP contribution in [0.4, 0.5) is 0 Å². The fraction of sp³-hybridized carbons (Fsp3) is 0. The Hall–Kier alpha value is -6.95. The summed E-state index contributed by atoms with van der Waals surface area (Å²) in [5, 5.41) is 6.08. The second-order valence-corrected chi connectivity index (χ2v) is 14.7. The molecule has 0 aliphatic rings. The third kappa shape index (κ3) is 4.94. The lowest BCUT2D eigenvalue weighted by atomic mass is 10.0. The van der Waals surface area contributed by atoms with Crippen LogP contribution >= 0.6 is 11.3 Å². The number of aromatic nitrogens is 4. The van der Waals surface area contributed by atoms with Crippen LogP contribution in [0.25, 0.3) is 104 Å². The molecule has 0 saturated heterocycles. The highest BCUT2D eigenvalue weighted by Gasteiger charge is 2.18. The van der Waals surface area contributed by atoms with E-state index in [2.05, 4.69) is 168 Å². The molecule has 0 atom stereocenters. The largest absolute Gasteiger partial charge is 0.309 e. The Balaban J connectivity index is 1.12. The summed E-state index contributed by atoms with van der Waals surface area (Å²) in [7, 11) is 0. The Morgan fingerprint density at radius 3 is 1.72 bits per heavy atom. The maximum absolute atomic E-state index is 5.23. The number of hydrogen-bond acceptors (Lipinski definition) is 4. The van der Waals surface area contributed by atoms with Crippen LogP contribution in [0.1, 0.15) is 0 Å². The maximum Gasteiger partial charge on any atom is 0.160 e. The average Bonchev–Trinajstić information content (AvgIpc) is 3.80. The third-order valence-corrected chi connectivity index (χ3v) is 11.6. The normalized spacial score (nSPS) is 11.7. The van der Waals surface area contributed by atoms with Gasteiger partial charge in [0.05, 0.1) is 38.3 Å². The molecule has 11 rings (SSSR count). The summed E-state index contributed by atoms with van der Waals surface area (Å²) in [4.78, 5) is 15.6. The van der Waals surface area contributed by atoms with Crippen molar-refractivity contribution < 1.29 is 0 Å². The van der Waals surface area contributed by atoms with Crippen LogP contribution in [0.2, 0.25) is 0 Å². The van der Waals surface area contributed by atoms with E-state index in [9.17, 15) is 0 Å². The molecule has 0 bridgehead atoms. The smallest absolute Gasteiger partial charge is 0.160 e. The van der Waals surface area contributed by atoms with E-state index >= 15 is 0 Å². The highest BCUT2D eigenvalue weighted by Crippen LogP contribution is 2.44. The fourth-order valence-corrected chi connectivity index (χ4v) is 9.11. The lowest BCUT2D eigenvalue weighted by molar-refractivity contribution is 1.16. The SMILES string of the molecule is c1ccc(-c2nc(-c3cccc(-n4c5ccccc5c5ccccc54)c3)cc(-c3ccc4sc5c(-c6ccccc6)nc6ccccc6c5c4c3)n2)cc1. The second kappa shape index (κ2) is 12.3. The van der Waals surface area contributed by atoms with Gasteiger partial charge in [-0.1, -0.05) is 133 Å². The van der Waals surface area contributed by atoms with Gasteiger partial charge in [0.1, 0.15) is 0 Å². The summed E-state index contributed by atoms with van der Waals surface area (Å²) in [5.41, 5.74) is 11.4. The molecule has 4 aromatic heterocycles. The highest BCUT2D eigenvalue weighted by molar-refractivity contribution is 7.26. The maximum atomic E-state index is 5.23. The topological polar surface area (TPSA) is 43.6 Å². The Morgan fingerprint density at radius 2 is 1.00 bits per heavy atom. The van der Waals surface area contributed by atoms with Gasteiger partial charge in [-0.15, -0.1) is 11.3 Å². The number of para-hydroxylation sites is 3. The Kier molecular flexibility index (Phi) is 7.00. The average molecular weight is 707 g/mol. The van der Waals surface area contributed by atoms with Crippen molar-refractivity contribution in [2.24, 2.45) is 0 Å². The minimum atomic E-state index is 0.696. The number of pyridine rings is 1. The van der Waals surface area contributed by atoms with Gasteiger partial charge in [0.2, 0.25) is 0 Å². The first-order chi connectivity index (χ1) is 26.8. The highest BCUT2D eigenvalue weighted by atomic mass is 32.1. The van der Waals surface area contributed by atoms with Crippen LogP contribution < -0.4 is 0 Å². The zero-order chi connectivity index (χ0) is 35.6. The molecular formula is C49H30N4S. The van der Waals surface area contributed by atoms with Gasteiger partial charge in [0, 0.05) is 59.6 Å². The predicted octanol–water partition coefficient (Wildman–Crippen LogP) is 13.2. The van der Waals surface area contributed by atoms with Crippen LogP contribution in [-0.4, -0.2) is 19.5 Å². The minimum absolute atomic E-state index is 0.696.